The summed E-state index contributed by atoms with van der Waals surface area (Å²) in [6.45, 7) is 6.16. The summed E-state index contributed by atoms with van der Waals surface area (Å²) >= 11 is 0. The third kappa shape index (κ3) is 4.37. The molecule has 0 spiro atoms. The van der Waals surface area contributed by atoms with Gasteiger partial charge in [0.2, 0.25) is 0 Å². The lowest BCUT2D eigenvalue weighted by Crippen LogP contribution is -2.30. The van der Waals surface area contributed by atoms with Crippen molar-refractivity contribution in [2.45, 2.75) is 26.8 Å². The van der Waals surface area contributed by atoms with Crippen LogP contribution in [0.3, 0.4) is 0 Å². The first-order valence-corrected chi connectivity index (χ1v) is 11.4. The summed E-state index contributed by atoms with van der Waals surface area (Å²) in [4.78, 5) is 27.9. The fourth-order valence-corrected chi connectivity index (χ4v) is 4.28. The largest absolute Gasteiger partial charge is 0.507 e. The Hall–Kier alpha value is -4.13. The second-order valence-corrected chi connectivity index (χ2v) is 8.00. The van der Waals surface area contributed by atoms with Crippen LogP contribution in [0.4, 0.5) is 10.1 Å². The van der Waals surface area contributed by atoms with Crippen molar-refractivity contribution in [3.63, 3.8) is 0 Å². The number of halogens is 1. The summed E-state index contributed by atoms with van der Waals surface area (Å²) in [5.74, 6) is -1.99. The van der Waals surface area contributed by atoms with E-state index in [0.717, 1.165) is 5.56 Å². The molecule has 1 amide bonds. The van der Waals surface area contributed by atoms with Crippen molar-refractivity contribution in [1.82, 2.24) is 0 Å². The van der Waals surface area contributed by atoms with Crippen LogP contribution in [0.25, 0.3) is 5.76 Å². The maximum atomic E-state index is 15.1. The molecule has 180 valence electrons. The fourth-order valence-electron chi connectivity index (χ4n) is 4.28. The maximum absolute atomic E-state index is 15.1. The number of aryl methyl sites for hydroxylation is 1. The first-order valence-electron chi connectivity index (χ1n) is 11.4. The number of aliphatic hydroxyl groups excluding tert-OH is 1. The van der Waals surface area contributed by atoms with Gasteiger partial charge in [0, 0.05) is 17.3 Å². The molecule has 0 aliphatic carbocycles. The fraction of sp³-hybridized carbons (Fsp3) is 0.214. The van der Waals surface area contributed by atoms with E-state index in [1.54, 1.807) is 56.3 Å². The second-order valence-electron chi connectivity index (χ2n) is 8.00. The molecule has 1 heterocycles. The topological polar surface area (TPSA) is 76.1 Å². The standard InChI is InChI=1S/C28H26FNO5/c1-4-34-18-14-15-20(23(16-18)35-5-2)26(31)24-25(19-11-7-8-12-21(19)29)30(28(33)27(24)32)22-13-9-6-10-17(22)3/h6-16,25,31H,4-5H2,1-3H3/b26-24+. The molecular formula is C28H26FNO5. The molecular weight excluding hydrogens is 449 g/mol. The summed E-state index contributed by atoms with van der Waals surface area (Å²) in [6.07, 6.45) is 0. The third-order valence-corrected chi connectivity index (χ3v) is 5.84. The number of aliphatic hydroxyl groups is 1. The first kappa shape index (κ1) is 24.0. The number of anilines is 1. The van der Waals surface area contributed by atoms with Gasteiger partial charge in [-0.1, -0.05) is 36.4 Å². The lowest BCUT2D eigenvalue weighted by molar-refractivity contribution is -0.132. The van der Waals surface area contributed by atoms with Crippen molar-refractivity contribution in [2.24, 2.45) is 0 Å². The summed E-state index contributed by atoms with van der Waals surface area (Å²) in [5, 5.41) is 11.4. The van der Waals surface area contributed by atoms with Gasteiger partial charge in [0.1, 0.15) is 23.1 Å². The average molecular weight is 476 g/mol. The Morgan fingerprint density at radius 3 is 2.34 bits per heavy atom. The lowest BCUT2D eigenvalue weighted by atomic mass is 9.94. The highest BCUT2D eigenvalue weighted by Crippen LogP contribution is 2.45. The van der Waals surface area contributed by atoms with Gasteiger partial charge < -0.3 is 14.6 Å². The predicted octanol–water partition coefficient (Wildman–Crippen LogP) is 5.56. The van der Waals surface area contributed by atoms with E-state index in [2.05, 4.69) is 0 Å². The molecule has 0 bridgehead atoms. The third-order valence-electron chi connectivity index (χ3n) is 5.84. The molecule has 1 fully saturated rings. The molecule has 0 radical (unpaired) electrons. The van der Waals surface area contributed by atoms with Crippen molar-refractivity contribution in [3.05, 3.63) is 94.8 Å². The minimum atomic E-state index is -1.17. The van der Waals surface area contributed by atoms with Crippen LogP contribution in [0.15, 0.2) is 72.3 Å². The van der Waals surface area contributed by atoms with Gasteiger partial charge in [0.25, 0.3) is 11.7 Å². The van der Waals surface area contributed by atoms with Crippen LogP contribution in [-0.2, 0) is 9.59 Å². The van der Waals surface area contributed by atoms with Gasteiger partial charge in [-0.15, -0.1) is 0 Å². The summed E-state index contributed by atoms with van der Waals surface area (Å²) in [6, 6.07) is 16.6. The predicted molar refractivity (Wildman–Crippen MR) is 131 cm³/mol. The van der Waals surface area contributed by atoms with E-state index in [1.807, 2.05) is 13.0 Å². The zero-order valence-corrected chi connectivity index (χ0v) is 19.7. The van der Waals surface area contributed by atoms with Gasteiger partial charge in [0.05, 0.1) is 30.4 Å². The number of rotatable bonds is 7. The molecule has 1 N–H and O–H groups in total. The van der Waals surface area contributed by atoms with Crippen molar-refractivity contribution in [2.75, 3.05) is 18.1 Å². The molecule has 1 saturated heterocycles. The van der Waals surface area contributed by atoms with Crippen LogP contribution in [0.2, 0.25) is 0 Å². The minimum Gasteiger partial charge on any atom is -0.507 e. The number of hydrogen-bond acceptors (Lipinski definition) is 5. The van der Waals surface area contributed by atoms with E-state index in [4.69, 9.17) is 9.47 Å². The monoisotopic (exact) mass is 475 g/mol. The molecule has 4 rings (SSSR count). The number of carbonyl (C=O) groups is 2. The number of nitrogens with zero attached hydrogens (tertiary/aromatic N) is 1. The van der Waals surface area contributed by atoms with Crippen LogP contribution in [0.1, 0.15) is 36.6 Å². The Labute approximate surface area is 203 Å². The number of Topliss-reactive ketones (excluding diaryl/α,β-unsaturated/α-hetero) is 1. The zero-order valence-electron chi connectivity index (χ0n) is 19.7. The van der Waals surface area contributed by atoms with Gasteiger partial charge in [-0.05, 0) is 50.6 Å². The normalized spacial score (nSPS) is 17.0. The number of hydrogen-bond donors (Lipinski definition) is 1. The quantitative estimate of drug-likeness (QED) is 0.275. The number of ether oxygens (including phenoxy) is 2. The van der Waals surface area contributed by atoms with E-state index in [-0.39, 0.29) is 22.4 Å². The van der Waals surface area contributed by atoms with Crippen molar-refractivity contribution < 1.29 is 28.6 Å². The molecule has 1 aliphatic rings. The van der Waals surface area contributed by atoms with E-state index in [9.17, 15) is 14.7 Å². The van der Waals surface area contributed by atoms with Gasteiger partial charge in [-0.25, -0.2) is 4.39 Å². The Kier molecular flexibility index (Phi) is 6.87. The first-order chi connectivity index (χ1) is 16.9. The average Bonchev–Trinajstić information content (AvgIpc) is 3.10. The van der Waals surface area contributed by atoms with E-state index < -0.39 is 29.3 Å². The molecule has 1 unspecified atom stereocenters. The van der Waals surface area contributed by atoms with Crippen molar-refractivity contribution in [3.8, 4) is 11.5 Å². The maximum Gasteiger partial charge on any atom is 0.300 e. The Bertz CT molecular complexity index is 1320. The minimum absolute atomic E-state index is 0.0976. The number of amides is 1. The molecule has 7 heteroatoms. The lowest BCUT2D eigenvalue weighted by Gasteiger charge is -2.27. The van der Waals surface area contributed by atoms with Crippen LogP contribution in [-0.4, -0.2) is 30.0 Å². The van der Waals surface area contributed by atoms with Gasteiger partial charge in [0.15, 0.2) is 0 Å². The van der Waals surface area contributed by atoms with Gasteiger partial charge in [-0.2, -0.15) is 0 Å². The highest BCUT2D eigenvalue weighted by molar-refractivity contribution is 6.51. The second kappa shape index (κ2) is 10.0. The van der Waals surface area contributed by atoms with Gasteiger partial charge in [-0.3, -0.25) is 14.5 Å². The smallest absolute Gasteiger partial charge is 0.300 e. The Morgan fingerprint density at radius 1 is 0.971 bits per heavy atom. The molecule has 1 aliphatic heterocycles. The van der Waals surface area contributed by atoms with Gasteiger partial charge >= 0.3 is 0 Å². The number of carbonyl (C=O) groups excluding carboxylic acids is 2. The van der Waals surface area contributed by atoms with Crippen molar-refractivity contribution >= 4 is 23.1 Å². The highest BCUT2D eigenvalue weighted by Gasteiger charge is 2.48. The van der Waals surface area contributed by atoms with Crippen molar-refractivity contribution in [1.29, 1.82) is 0 Å². The molecule has 0 saturated carbocycles. The number of benzene rings is 3. The molecule has 1 atom stereocenters. The Balaban J connectivity index is 1.98. The van der Waals surface area contributed by atoms with E-state index in [1.165, 1.54) is 23.1 Å². The molecule has 0 aromatic heterocycles. The van der Waals surface area contributed by atoms with Crippen LogP contribution >= 0.6 is 0 Å². The Morgan fingerprint density at radius 2 is 1.66 bits per heavy atom. The summed E-state index contributed by atoms with van der Waals surface area (Å²) in [5.41, 5.74) is 1.28. The molecule has 3 aromatic carbocycles. The van der Waals surface area contributed by atoms with E-state index >= 15 is 4.39 Å². The van der Waals surface area contributed by atoms with Crippen LogP contribution in [0, 0.1) is 12.7 Å². The highest BCUT2D eigenvalue weighted by atomic mass is 19.1. The number of para-hydroxylation sites is 1. The molecule has 3 aromatic rings. The SMILES string of the molecule is CCOc1ccc(/C(O)=C2\C(=O)C(=O)N(c3ccccc3C)C2c2ccccc2F)c(OCC)c1. The van der Waals surface area contributed by atoms with E-state index in [0.29, 0.717) is 24.7 Å². The van der Waals surface area contributed by atoms with Crippen LogP contribution in [0.5, 0.6) is 11.5 Å². The molecule has 35 heavy (non-hydrogen) atoms. The summed E-state index contributed by atoms with van der Waals surface area (Å²) < 4.78 is 26.3. The number of ketones is 1. The van der Waals surface area contributed by atoms with Crippen LogP contribution < -0.4 is 14.4 Å². The zero-order chi connectivity index (χ0) is 25.1. The molecule has 6 nitrogen and oxygen atoms in total. The summed E-state index contributed by atoms with van der Waals surface area (Å²) in [7, 11) is 0.